The molecule has 0 saturated carbocycles. The van der Waals surface area contributed by atoms with Gasteiger partial charge in [-0.25, -0.2) is 4.79 Å². The van der Waals surface area contributed by atoms with Crippen LogP contribution in [-0.2, 0) is 16.1 Å². The first kappa shape index (κ1) is 20.1. The van der Waals surface area contributed by atoms with Crippen LogP contribution >= 0.6 is 0 Å². The molecule has 1 heterocycles. The molecule has 5 heteroatoms. The number of likely N-dealkylation sites (tertiary alicyclic amines) is 1. The highest BCUT2D eigenvalue weighted by Gasteiger charge is 2.25. The third kappa shape index (κ3) is 4.78. The molecule has 5 nitrogen and oxygen atoms in total. The van der Waals surface area contributed by atoms with Crippen LogP contribution in [0.3, 0.4) is 0 Å². The van der Waals surface area contributed by atoms with Crippen molar-refractivity contribution in [1.82, 2.24) is 4.90 Å². The van der Waals surface area contributed by atoms with Gasteiger partial charge in [-0.2, -0.15) is 0 Å². The van der Waals surface area contributed by atoms with Gasteiger partial charge < -0.3 is 10.1 Å². The molecule has 0 aliphatic carbocycles. The second-order valence-corrected chi connectivity index (χ2v) is 7.50. The molecule has 0 aromatic heterocycles. The fourth-order valence-electron chi connectivity index (χ4n) is 3.76. The van der Waals surface area contributed by atoms with Crippen LogP contribution in [0.5, 0.6) is 0 Å². The van der Waals surface area contributed by atoms with Gasteiger partial charge in [0, 0.05) is 18.2 Å². The van der Waals surface area contributed by atoms with Crippen LogP contribution in [0.25, 0.3) is 0 Å². The molecule has 1 N–H and O–H groups in total. The van der Waals surface area contributed by atoms with Gasteiger partial charge in [0.05, 0.1) is 12.7 Å². The van der Waals surface area contributed by atoms with Gasteiger partial charge in [0.25, 0.3) is 0 Å². The topological polar surface area (TPSA) is 58.6 Å². The predicted octanol–water partition coefficient (Wildman–Crippen LogP) is 3.94. The molecule has 0 bridgehead atoms. The Morgan fingerprint density at radius 2 is 1.82 bits per heavy atom. The lowest BCUT2D eigenvalue weighted by atomic mass is 9.95. The normalized spacial score (nSPS) is 15.2. The molecule has 1 amide bonds. The summed E-state index contributed by atoms with van der Waals surface area (Å²) in [6.45, 7) is 6.68. The quantitative estimate of drug-likeness (QED) is 0.798. The average molecular weight is 380 g/mol. The number of nitrogens with zero attached hydrogens (tertiary/aromatic N) is 1. The van der Waals surface area contributed by atoms with Crippen LogP contribution < -0.4 is 5.32 Å². The van der Waals surface area contributed by atoms with Crippen LogP contribution in [0.15, 0.2) is 42.5 Å². The van der Waals surface area contributed by atoms with Crippen molar-refractivity contribution in [3.8, 4) is 0 Å². The number of benzene rings is 2. The summed E-state index contributed by atoms with van der Waals surface area (Å²) < 4.78 is 4.80. The maximum Gasteiger partial charge on any atom is 0.338 e. The van der Waals surface area contributed by atoms with Crippen molar-refractivity contribution in [2.45, 2.75) is 33.2 Å². The highest BCUT2D eigenvalue weighted by Crippen LogP contribution is 2.24. The zero-order valence-electron chi connectivity index (χ0n) is 16.8. The van der Waals surface area contributed by atoms with Gasteiger partial charge in [-0.05, 0) is 63.0 Å². The van der Waals surface area contributed by atoms with E-state index < -0.39 is 5.97 Å². The summed E-state index contributed by atoms with van der Waals surface area (Å²) in [6, 6.07) is 13.9. The maximum absolute atomic E-state index is 12.7. The number of amides is 1. The van der Waals surface area contributed by atoms with E-state index in [0.717, 1.165) is 38.0 Å². The second kappa shape index (κ2) is 9.02. The molecule has 0 spiro atoms. The number of rotatable bonds is 5. The Hall–Kier alpha value is -2.66. The number of aryl methyl sites for hydroxylation is 1. The molecular formula is C23H28N2O3. The van der Waals surface area contributed by atoms with Gasteiger partial charge in [-0.1, -0.05) is 35.9 Å². The van der Waals surface area contributed by atoms with Crippen molar-refractivity contribution < 1.29 is 14.3 Å². The average Bonchev–Trinajstić information content (AvgIpc) is 2.69. The van der Waals surface area contributed by atoms with Crippen LogP contribution in [0.4, 0.5) is 5.69 Å². The summed E-state index contributed by atoms with van der Waals surface area (Å²) in [6.07, 6.45) is 1.68. The number of piperidine rings is 1. The van der Waals surface area contributed by atoms with E-state index in [1.165, 1.54) is 18.2 Å². The Kier molecular flexibility index (Phi) is 6.47. The largest absolute Gasteiger partial charge is 0.465 e. The number of esters is 1. The predicted molar refractivity (Wildman–Crippen MR) is 110 cm³/mol. The monoisotopic (exact) mass is 380 g/mol. The number of nitrogens with one attached hydrogen (secondary N) is 1. The van der Waals surface area contributed by atoms with E-state index in [4.69, 9.17) is 4.74 Å². The first-order valence-electron chi connectivity index (χ1n) is 9.74. The molecule has 1 aliphatic heterocycles. The molecule has 3 rings (SSSR count). The molecule has 1 saturated heterocycles. The zero-order chi connectivity index (χ0) is 20.1. The highest BCUT2D eigenvalue weighted by molar-refractivity contribution is 5.97. The van der Waals surface area contributed by atoms with Gasteiger partial charge in [0.15, 0.2) is 0 Å². The van der Waals surface area contributed by atoms with E-state index in [-0.39, 0.29) is 11.8 Å². The molecule has 0 radical (unpaired) electrons. The van der Waals surface area contributed by atoms with E-state index in [9.17, 15) is 9.59 Å². The van der Waals surface area contributed by atoms with Gasteiger partial charge in [0.2, 0.25) is 5.91 Å². The molecule has 1 fully saturated rings. The van der Waals surface area contributed by atoms with E-state index in [1.54, 1.807) is 12.1 Å². The van der Waals surface area contributed by atoms with Gasteiger partial charge in [0.1, 0.15) is 0 Å². The molecule has 148 valence electrons. The van der Waals surface area contributed by atoms with Gasteiger partial charge in [-0.3, -0.25) is 9.69 Å². The Labute approximate surface area is 166 Å². The Balaban J connectivity index is 1.56. The minimum absolute atomic E-state index is 0.00468. The van der Waals surface area contributed by atoms with Crippen molar-refractivity contribution in [1.29, 1.82) is 0 Å². The van der Waals surface area contributed by atoms with Crippen molar-refractivity contribution in [3.05, 3.63) is 64.7 Å². The summed E-state index contributed by atoms with van der Waals surface area (Å²) in [5, 5.41) is 3.01. The van der Waals surface area contributed by atoms with Crippen molar-refractivity contribution in [2.24, 2.45) is 5.92 Å². The smallest absolute Gasteiger partial charge is 0.338 e. The standard InChI is InChI=1S/C23H28N2O3/c1-16-6-4-7-18(14-16)15-25-12-10-19(11-13-25)22(26)24-21-9-5-8-20(17(21)2)23(27)28-3/h4-9,14,19H,10-13,15H2,1-3H3,(H,24,26). The molecule has 1 aliphatic rings. The summed E-state index contributed by atoms with van der Waals surface area (Å²) >= 11 is 0. The number of methoxy groups -OCH3 is 1. The van der Waals surface area contributed by atoms with Crippen LogP contribution in [0.2, 0.25) is 0 Å². The molecule has 2 aromatic carbocycles. The molecular weight excluding hydrogens is 352 g/mol. The third-order valence-corrected chi connectivity index (χ3v) is 5.44. The number of carbonyl (C=O) groups excluding carboxylic acids is 2. The number of anilines is 1. The van der Waals surface area contributed by atoms with E-state index in [1.807, 2.05) is 13.0 Å². The highest BCUT2D eigenvalue weighted by atomic mass is 16.5. The maximum atomic E-state index is 12.7. The first-order chi connectivity index (χ1) is 13.5. The molecule has 0 atom stereocenters. The number of ether oxygens (including phenoxy) is 1. The van der Waals surface area contributed by atoms with Crippen molar-refractivity contribution in [2.75, 3.05) is 25.5 Å². The number of hydrogen-bond donors (Lipinski definition) is 1. The molecule has 0 unspecified atom stereocenters. The first-order valence-corrected chi connectivity index (χ1v) is 9.74. The third-order valence-electron chi connectivity index (χ3n) is 5.44. The van der Waals surface area contributed by atoms with E-state index in [0.29, 0.717) is 11.3 Å². The van der Waals surface area contributed by atoms with Crippen molar-refractivity contribution >= 4 is 17.6 Å². The summed E-state index contributed by atoms with van der Waals surface area (Å²) in [7, 11) is 1.36. The van der Waals surface area contributed by atoms with Crippen LogP contribution in [0, 0.1) is 19.8 Å². The van der Waals surface area contributed by atoms with Crippen LogP contribution in [0.1, 0.15) is 39.9 Å². The Morgan fingerprint density at radius 3 is 2.50 bits per heavy atom. The van der Waals surface area contributed by atoms with E-state index in [2.05, 4.69) is 41.4 Å². The summed E-state index contributed by atoms with van der Waals surface area (Å²) in [5.41, 5.74) is 4.48. The zero-order valence-corrected chi connectivity index (χ0v) is 16.8. The SMILES string of the molecule is COC(=O)c1cccc(NC(=O)C2CCN(Cc3cccc(C)c3)CC2)c1C. The fraction of sp³-hybridized carbons (Fsp3) is 0.391. The fourth-order valence-corrected chi connectivity index (χ4v) is 3.76. The van der Waals surface area contributed by atoms with Gasteiger partial charge >= 0.3 is 5.97 Å². The lowest BCUT2D eigenvalue weighted by molar-refractivity contribution is -0.121. The number of carbonyl (C=O) groups is 2. The lowest BCUT2D eigenvalue weighted by Crippen LogP contribution is -2.37. The second-order valence-electron chi connectivity index (χ2n) is 7.50. The Bertz CT molecular complexity index is 855. The Morgan fingerprint density at radius 1 is 1.11 bits per heavy atom. The molecule has 2 aromatic rings. The van der Waals surface area contributed by atoms with Crippen LogP contribution in [-0.4, -0.2) is 37.0 Å². The lowest BCUT2D eigenvalue weighted by Gasteiger charge is -2.31. The molecule has 28 heavy (non-hydrogen) atoms. The van der Waals surface area contributed by atoms with Gasteiger partial charge in [-0.15, -0.1) is 0 Å². The summed E-state index contributed by atoms with van der Waals surface area (Å²) in [5.74, 6) is -0.367. The minimum Gasteiger partial charge on any atom is -0.465 e. The number of hydrogen-bond acceptors (Lipinski definition) is 4. The van der Waals surface area contributed by atoms with Crippen molar-refractivity contribution in [3.63, 3.8) is 0 Å². The summed E-state index contributed by atoms with van der Waals surface area (Å²) in [4.78, 5) is 27.0. The minimum atomic E-state index is -0.391. The van der Waals surface area contributed by atoms with E-state index >= 15 is 0 Å².